The molecule has 2 aromatic rings. The number of nitriles is 1. The normalized spacial score (nSPS) is 11.1. The summed E-state index contributed by atoms with van der Waals surface area (Å²) < 4.78 is 16.6. The van der Waals surface area contributed by atoms with Gasteiger partial charge in [0.05, 0.1) is 13.7 Å². The number of rotatable bonds is 13. The fraction of sp³-hybridized carbons (Fsp3) is 0.321. The van der Waals surface area contributed by atoms with Crippen molar-refractivity contribution in [3.8, 4) is 23.3 Å². The molecule has 0 aliphatic heterocycles. The molecule has 0 aliphatic carbocycles. The van der Waals surface area contributed by atoms with Crippen LogP contribution in [0.1, 0.15) is 50.7 Å². The lowest BCUT2D eigenvalue weighted by molar-refractivity contribution is -0.129. The van der Waals surface area contributed by atoms with E-state index in [0.717, 1.165) is 31.2 Å². The van der Waals surface area contributed by atoms with Gasteiger partial charge in [-0.15, -0.1) is 0 Å². The Morgan fingerprint density at radius 3 is 2.51 bits per heavy atom. The maximum absolute atomic E-state index is 12.4. The Labute approximate surface area is 207 Å². The van der Waals surface area contributed by atoms with Gasteiger partial charge in [-0.3, -0.25) is 4.79 Å². The van der Waals surface area contributed by atoms with Crippen molar-refractivity contribution in [2.75, 3.05) is 20.3 Å². The van der Waals surface area contributed by atoms with Crippen LogP contribution in [0.2, 0.25) is 0 Å². The first-order chi connectivity index (χ1) is 17.0. The van der Waals surface area contributed by atoms with Gasteiger partial charge in [-0.25, -0.2) is 4.79 Å². The van der Waals surface area contributed by atoms with Crippen LogP contribution in [0.3, 0.4) is 0 Å². The summed E-state index contributed by atoms with van der Waals surface area (Å²) >= 11 is 0. The van der Waals surface area contributed by atoms with Crippen LogP contribution in [-0.2, 0) is 9.59 Å². The molecule has 0 spiro atoms. The topological polar surface area (TPSA) is 97.7 Å². The van der Waals surface area contributed by atoms with Crippen molar-refractivity contribution in [3.05, 3.63) is 65.2 Å². The summed E-state index contributed by atoms with van der Waals surface area (Å²) in [4.78, 5) is 24.6. The highest BCUT2D eigenvalue weighted by atomic mass is 16.6. The number of para-hydroxylation sites is 1. The minimum absolute atomic E-state index is 0.0179. The summed E-state index contributed by atoms with van der Waals surface area (Å²) in [6.07, 6.45) is 8.19. The number of amides is 1. The first-order valence-electron chi connectivity index (χ1n) is 11.7. The third-order valence-corrected chi connectivity index (χ3v) is 4.96. The summed E-state index contributed by atoms with van der Waals surface area (Å²) in [6.45, 7) is 5.23. The average molecular weight is 477 g/mol. The molecule has 0 aromatic heterocycles. The second kappa shape index (κ2) is 15.0. The fourth-order valence-electron chi connectivity index (χ4n) is 3.02. The molecule has 0 heterocycles. The largest absolute Gasteiger partial charge is 0.493 e. The van der Waals surface area contributed by atoms with Gasteiger partial charge in [0, 0.05) is 18.2 Å². The number of nitrogens with zero attached hydrogens (tertiary/aromatic N) is 1. The number of methoxy groups -OCH3 is 1. The molecule has 0 saturated carbocycles. The van der Waals surface area contributed by atoms with E-state index in [9.17, 15) is 14.9 Å². The molecule has 1 amide bonds. The number of esters is 1. The number of nitrogens with one attached hydrogen (secondary N) is 1. The summed E-state index contributed by atoms with van der Waals surface area (Å²) in [6, 6.07) is 14.2. The average Bonchev–Trinajstić information content (AvgIpc) is 2.87. The van der Waals surface area contributed by atoms with Crippen LogP contribution in [0.15, 0.2) is 54.1 Å². The van der Waals surface area contributed by atoms with Gasteiger partial charge in [-0.05, 0) is 48.8 Å². The highest BCUT2D eigenvalue weighted by molar-refractivity contribution is 6.01. The van der Waals surface area contributed by atoms with Crippen LogP contribution in [0.4, 0.5) is 0 Å². The summed E-state index contributed by atoms with van der Waals surface area (Å²) in [7, 11) is 1.45. The van der Waals surface area contributed by atoms with E-state index < -0.39 is 11.9 Å². The van der Waals surface area contributed by atoms with Gasteiger partial charge >= 0.3 is 5.97 Å². The lowest BCUT2D eigenvalue weighted by Crippen LogP contribution is -2.25. The van der Waals surface area contributed by atoms with Crippen molar-refractivity contribution in [2.45, 2.75) is 39.5 Å². The number of hydrogen-bond donors (Lipinski definition) is 1. The standard InChI is InChI=1S/C28H32N2O5/c1-4-6-16-30-28(32)23(20-29)18-21-12-14-25(26(19-21)33-3)35-27(31)15-13-22-10-8-9-11-24(22)34-17-7-5-2/h8-15,18-19H,4-7,16-17H2,1-3H3,(H,30,32)/b15-13+,23-18+. The molecular weight excluding hydrogens is 444 g/mol. The predicted molar refractivity (Wildman–Crippen MR) is 136 cm³/mol. The predicted octanol–water partition coefficient (Wildman–Crippen LogP) is 5.32. The molecule has 0 aliphatic rings. The van der Waals surface area contributed by atoms with E-state index in [2.05, 4.69) is 12.2 Å². The van der Waals surface area contributed by atoms with Crippen molar-refractivity contribution in [3.63, 3.8) is 0 Å². The Bertz CT molecular complexity index is 1100. The quantitative estimate of drug-likeness (QED) is 0.138. The van der Waals surface area contributed by atoms with Gasteiger partial charge < -0.3 is 19.5 Å². The monoisotopic (exact) mass is 476 g/mol. The molecule has 184 valence electrons. The van der Waals surface area contributed by atoms with Crippen molar-refractivity contribution < 1.29 is 23.8 Å². The van der Waals surface area contributed by atoms with Crippen molar-refractivity contribution >= 4 is 24.0 Å². The number of hydrogen-bond acceptors (Lipinski definition) is 6. The van der Waals surface area contributed by atoms with Crippen LogP contribution in [0.25, 0.3) is 12.2 Å². The molecule has 7 heteroatoms. The maximum Gasteiger partial charge on any atom is 0.336 e. The zero-order chi connectivity index (χ0) is 25.5. The molecule has 0 bridgehead atoms. The molecule has 0 unspecified atom stereocenters. The zero-order valence-corrected chi connectivity index (χ0v) is 20.5. The van der Waals surface area contributed by atoms with E-state index in [0.29, 0.717) is 30.2 Å². The minimum Gasteiger partial charge on any atom is -0.493 e. The van der Waals surface area contributed by atoms with Gasteiger partial charge in [0.25, 0.3) is 5.91 Å². The number of carbonyl (C=O) groups is 2. The van der Waals surface area contributed by atoms with Gasteiger partial charge in [0.1, 0.15) is 17.4 Å². The minimum atomic E-state index is -0.581. The first-order valence-corrected chi connectivity index (χ1v) is 11.7. The summed E-state index contributed by atoms with van der Waals surface area (Å²) in [5.74, 6) is 0.207. The van der Waals surface area contributed by atoms with Gasteiger partial charge in [-0.2, -0.15) is 5.26 Å². The third-order valence-electron chi connectivity index (χ3n) is 4.96. The van der Waals surface area contributed by atoms with Crippen molar-refractivity contribution in [1.82, 2.24) is 5.32 Å². The second-order valence-electron chi connectivity index (χ2n) is 7.68. The van der Waals surface area contributed by atoms with Crippen molar-refractivity contribution in [2.24, 2.45) is 0 Å². The van der Waals surface area contributed by atoms with Crippen LogP contribution in [0.5, 0.6) is 17.2 Å². The van der Waals surface area contributed by atoms with E-state index in [1.807, 2.05) is 37.3 Å². The molecule has 7 nitrogen and oxygen atoms in total. The molecule has 0 saturated heterocycles. The fourth-order valence-corrected chi connectivity index (χ4v) is 3.02. The Balaban J connectivity index is 2.11. The van der Waals surface area contributed by atoms with Gasteiger partial charge in [-0.1, -0.05) is 51.0 Å². The molecule has 2 aromatic carbocycles. The number of carbonyl (C=O) groups excluding carboxylic acids is 2. The van der Waals surface area contributed by atoms with Crippen LogP contribution >= 0.6 is 0 Å². The highest BCUT2D eigenvalue weighted by Crippen LogP contribution is 2.29. The molecule has 0 fully saturated rings. The van der Waals surface area contributed by atoms with Gasteiger partial charge in [0.15, 0.2) is 11.5 Å². The summed E-state index contributed by atoms with van der Waals surface area (Å²) in [5, 5.41) is 12.1. The Morgan fingerprint density at radius 1 is 1.03 bits per heavy atom. The third kappa shape index (κ3) is 9.01. The maximum atomic E-state index is 12.4. The molecule has 2 rings (SSSR count). The molecule has 0 atom stereocenters. The number of ether oxygens (including phenoxy) is 3. The van der Waals surface area contributed by atoms with Crippen LogP contribution < -0.4 is 19.5 Å². The Kier molecular flexibility index (Phi) is 11.6. The van der Waals surface area contributed by atoms with Crippen LogP contribution in [0, 0.1) is 11.3 Å². The molecule has 35 heavy (non-hydrogen) atoms. The van der Waals surface area contributed by atoms with Crippen molar-refractivity contribution in [1.29, 1.82) is 5.26 Å². The van der Waals surface area contributed by atoms with E-state index in [4.69, 9.17) is 14.2 Å². The van der Waals surface area contributed by atoms with E-state index in [-0.39, 0.29) is 11.3 Å². The summed E-state index contributed by atoms with van der Waals surface area (Å²) in [5.41, 5.74) is 1.32. The molecule has 1 N–H and O–H groups in total. The highest BCUT2D eigenvalue weighted by Gasteiger charge is 2.12. The van der Waals surface area contributed by atoms with E-state index in [1.165, 1.54) is 19.3 Å². The van der Waals surface area contributed by atoms with Gasteiger partial charge in [0.2, 0.25) is 0 Å². The number of benzene rings is 2. The van der Waals surface area contributed by atoms with E-state index in [1.54, 1.807) is 24.3 Å². The zero-order valence-electron chi connectivity index (χ0n) is 20.5. The lowest BCUT2D eigenvalue weighted by Gasteiger charge is -2.10. The Hall–Kier alpha value is -4.05. The van der Waals surface area contributed by atoms with E-state index >= 15 is 0 Å². The smallest absolute Gasteiger partial charge is 0.336 e. The lowest BCUT2D eigenvalue weighted by atomic mass is 10.1. The Morgan fingerprint density at radius 2 is 1.80 bits per heavy atom. The first kappa shape index (κ1) is 27.2. The molecule has 0 radical (unpaired) electrons. The SMILES string of the molecule is CCCCNC(=O)/C(C#N)=C/c1ccc(OC(=O)/C=C/c2ccccc2OCCCC)c(OC)c1. The molecular formula is C28H32N2O5. The second-order valence-corrected chi connectivity index (χ2v) is 7.68. The number of unbranched alkanes of at least 4 members (excludes halogenated alkanes) is 2. The van der Waals surface area contributed by atoms with Crippen LogP contribution in [-0.4, -0.2) is 32.1 Å².